The molecule has 0 aliphatic heterocycles. The summed E-state index contributed by atoms with van der Waals surface area (Å²) in [6.07, 6.45) is 3.48. The summed E-state index contributed by atoms with van der Waals surface area (Å²) in [5.41, 5.74) is 0.889. The van der Waals surface area contributed by atoms with E-state index in [2.05, 4.69) is 32.8 Å². The van der Waals surface area contributed by atoms with Gasteiger partial charge in [0.2, 0.25) is 0 Å². The number of hydrogen-bond acceptors (Lipinski definition) is 3. The van der Waals surface area contributed by atoms with E-state index in [1.54, 1.807) is 11.8 Å². The summed E-state index contributed by atoms with van der Waals surface area (Å²) >= 11 is 1.69. The lowest BCUT2D eigenvalue weighted by Gasteiger charge is -2.08. The van der Waals surface area contributed by atoms with Crippen molar-refractivity contribution < 1.29 is 4.79 Å². The van der Waals surface area contributed by atoms with Gasteiger partial charge in [0.05, 0.1) is 17.9 Å². The first-order chi connectivity index (χ1) is 8.02. The Bertz CT molecular complexity index is 360. The van der Waals surface area contributed by atoms with Crippen LogP contribution >= 0.6 is 11.8 Å². The van der Waals surface area contributed by atoms with Gasteiger partial charge in [-0.1, -0.05) is 20.8 Å². The summed E-state index contributed by atoms with van der Waals surface area (Å²) in [6, 6.07) is 2.35. The number of ketones is 1. The van der Waals surface area contributed by atoms with Crippen molar-refractivity contribution in [2.24, 2.45) is 0 Å². The van der Waals surface area contributed by atoms with Gasteiger partial charge in [0.1, 0.15) is 5.78 Å². The average molecular weight is 254 g/mol. The summed E-state index contributed by atoms with van der Waals surface area (Å²) in [4.78, 5) is 11.7. The van der Waals surface area contributed by atoms with E-state index in [-0.39, 0.29) is 5.78 Å². The molecule has 1 heterocycles. The molecule has 0 bridgehead atoms. The maximum Gasteiger partial charge on any atom is 0.148 e. The zero-order chi connectivity index (χ0) is 12.8. The van der Waals surface area contributed by atoms with Crippen LogP contribution in [0.3, 0.4) is 0 Å². The van der Waals surface area contributed by atoms with Gasteiger partial charge in [-0.25, -0.2) is 0 Å². The Balaban J connectivity index is 2.46. The lowest BCUT2D eigenvalue weighted by molar-refractivity contribution is -0.116. The molecule has 0 spiro atoms. The fraction of sp³-hybridized carbons (Fsp3) is 0.692. The predicted octanol–water partition coefficient (Wildman–Crippen LogP) is 3.11. The van der Waals surface area contributed by atoms with Crippen LogP contribution in [-0.2, 0) is 11.2 Å². The Hall–Kier alpha value is -0.770. The van der Waals surface area contributed by atoms with Crippen LogP contribution in [0.25, 0.3) is 0 Å². The summed E-state index contributed by atoms with van der Waals surface area (Å²) in [6.45, 7) is 8.48. The maximum atomic E-state index is 11.7. The zero-order valence-corrected chi connectivity index (χ0v) is 12.0. The fourth-order valence-corrected chi connectivity index (χ4v) is 2.04. The van der Waals surface area contributed by atoms with Crippen LogP contribution in [-0.4, -0.2) is 26.6 Å². The van der Waals surface area contributed by atoms with Gasteiger partial charge in [0.15, 0.2) is 0 Å². The molecule has 0 fully saturated rings. The highest BCUT2D eigenvalue weighted by Gasteiger charge is 2.09. The van der Waals surface area contributed by atoms with Gasteiger partial charge in [-0.15, -0.1) is 0 Å². The number of aromatic nitrogens is 2. The van der Waals surface area contributed by atoms with E-state index < -0.39 is 0 Å². The van der Waals surface area contributed by atoms with Crippen LogP contribution in [0.1, 0.15) is 45.9 Å². The third-order valence-corrected chi connectivity index (χ3v) is 3.82. The molecule has 0 aromatic carbocycles. The zero-order valence-electron chi connectivity index (χ0n) is 11.1. The molecule has 1 rings (SSSR count). The van der Waals surface area contributed by atoms with E-state index in [1.807, 2.05) is 16.9 Å². The number of nitrogens with zero attached hydrogens (tertiary/aromatic N) is 2. The molecule has 3 nitrogen and oxygen atoms in total. The van der Waals surface area contributed by atoms with E-state index >= 15 is 0 Å². The Morgan fingerprint density at radius 3 is 2.76 bits per heavy atom. The molecule has 0 amide bonds. The molecule has 4 heteroatoms. The summed E-state index contributed by atoms with van der Waals surface area (Å²) in [5, 5.41) is 4.95. The van der Waals surface area contributed by atoms with Crippen LogP contribution in [0, 0.1) is 0 Å². The molecule has 0 aliphatic rings. The van der Waals surface area contributed by atoms with Crippen LogP contribution in [0.2, 0.25) is 0 Å². The SMILES string of the molecule is CCC(C)n1ccc(CC(=O)CSC(C)C)n1. The second-order valence-corrected chi connectivity index (χ2v) is 6.18. The maximum absolute atomic E-state index is 11.7. The van der Waals surface area contributed by atoms with Gasteiger partial charge in [-0.2, -0.15) is 16.9 Å². The third kappa shape index (κ3) is 4.94. The number of Topliss-reactive ketones (excluding diaryl/α,β-unsaturated/α-hetero) is 1. The Kier molecular flexibility index (Phi) is 5.75. The largest absolute Gasteiger partial charge is 0.298 e. The van der Waals surface area contributed by atoms with Crippen LogP contribution < -0.4 is 0 Å². The van der Waals surface area contributed by atoms with Crippen molar-refractivity contribution in [3.8, 4) is 0 Å². The van der Waals surface area contributed by atoms with Crippen LogP contribution in [0.15, 0.2) is 12.3 Å². The van der Waals surface area contributed by atoms with Crippen molar-refractivity contribution in [3.63, 3.8) is 0 Å². The van der Waals surface area contributed by atoms with Crippen molar-refractivity contribution in [3.05, 3.63) is 18.0 Å². The molecule has 1 unspecified atom stereocenters. The molecular formula is C13H22N2OS. The van der Waals surface area contributed by atoms with Crippen molar-refractivity contribution in [2.75, 3.05) is 5.75 Å². The molecule has 0 saturated carbocycles. The number of hydrogen-bond donors (Lipinski definition) is 0. The summed E-state index contributed by atoms with van der Waals surface area (Å²) in [5.74, 6) is 0.853. The standard InChI is InChI=1S/C13H22N2OS/c1-5-11(4)15-7-6-12(14-15)8-13(16)9-17-10(2)3/h6-7,10-11H,5,8-9H2,1-4H3. The quantitative estimate of drug-likeness (QED) is 0.750. The third-order valence-electron chi connectivity index (χ3n) is 2.66. The first kappa shape index (κ1) is 14.3. The highest BCUT2D eigenvalue weighted by molar-refractivity contribution is 8.00. The van der Waals surface area contributed by atoms with Gasteiger partial charge in [-0.05, 0) is 24.7 Å². The van der Waals surface area contributed by atoms with Gasteiger partial charge in [-0.3, -0.25) is 9.48 Å². The number of carbonyl (C=O) groups excluding carboxylic acids is 1. The van der Waals surface area contributed by atoms with Gasteiger partial charge in [0.25, 0.3) is 0 Å². The molecule has 0 radical (unpaired) electrons. The number of rotatable bonds is 7. The van der Waals surface area contributed by atoms with Gasteiger partial charge < -0.3 is 0 Å². The molecule has 1 aromatic heterocycles. The molecular weight excluding hydrogens is 232 g/mol. The van der Waals surface area contributed by atoms with Crippen molar-refractivity contribution in [1.82, 2.24) is 9.78 Å². The van der Waals surface area contributed by atoms with E-state index in [0.717, 1.165) is 12.1 Å². The minimum atomic E-state index is 0.262. The minimum Gasteiger partial charge on any atom is -0.298 e. The normalized spacial score (nSPS) is 13.0. The average Bonchev–Trinajstić information content (AvgIpc) is 2.73. The molecule has 1 aromatic rings. The smallest absolute Gasteiger partial charge is 0.148 e. The van der Waals surface area contributed by atoms with Crippen LogP contribution in [0.4, 0.5) is 0 Å². The first-order valence-electron chi connectivity index (χ1n) is 6.20. The highest BCUT2D eigenvalue weighted by Crippen LogP contribution is 2.12. The van der Waals surface area contributed by atoms with Gasteiger partial charge in [0, 0.05) is 12.2 Å². The van der Waals surface area contributed by atoms with Crippen LogP contribution in [0.5, 0.6) is 0 Å². The predicted molar refractivity (Wildman–Crippen MR) is 73.5 cm³/mol. The Labute approximate surface area is 108 Å². The lowest BCUT2D eigenvalue weighted by Crippen LogP contribution is -2.10. The first-order valence-corrected chi connectivity index (χ1v) is 7.25. The van der Waals surface area contributed by atoms with E-state index in [9.17, 15) is 4.79 Å². The second-order valence-electron chi connectivity index (χ2n) is 4.62. The molecule has 0 aliphatic carbocycles. The molecule has 17 heavy (non-hydrogen) atoms. The van der Waals surface area contributed by atoms with Gasteiger partial charge >= 0.3 is 0 Å². The van der Waals surface area contributed by atoms with E-state index in [4.69, 9.17) is 0 Å². The summed E-state index contributed by atoms with van der Waals surface area (Å²) < 4.78 is 1.94. The monoisotopic (exact) mass is 254 g/mol. The number of carbonyl (C=O) groups is 1. The van der Waals surface area contributed by atoms with Crippen molar-refractivity contribution in [1.29, 1.82) is 0 Å². The second kappa shape index (κ2) is 6.84. The summed E-state index contributed by atoms with van der Waals surface area (Å²) in [7, 11) is 0. The van der Waals surface area contributed by atoms with E-state index in [0.29, 0.717) is 23.5 Å². The van der Waals surface area contributed by atoms with E-state index in [1.165, 1.54) is 0 Å². The van der Waals surface area contributed by atoms with Crippen molar-refractivity contribution >= 4 is 17.5 Å². The topological polar surface area (TPSA) is 34.9 Å². The Morgan fingerprint density at radius 1 is 1.47 bits per heavy atom. The fourth-order valence-electron chi connectivity index (χ4n) is 1.42. The number of thioether (sulfide) groups is 1. The molecule has 0 saturated heterocycles. The molecule has 0 N–H and O–H groups in total. The van der Waals surface area contributed by atoms with Crippen molar-refractivity contribution in [2.45, 2.75) is 51.8 Å². The molecule has 1 atom stereocenters. The minimum absolute atomic E-state index is 0.262. The Morgan fingerprint density at radius 2 is 2.18 bits per heavy atom. The lowest BCUT2D eigenvalue weighted by atomic mass is 10.2. The highest BCUT2D eigenvalue weighted by atomic mass is 32.2. The molecule has 96 valence electrons.